The highest BCUT2D eigenvalue weighted by Crippen LogP contribution is 2.23. The number of nitrogens with zero attached hydrogens (tertiary/aromatic N) is 3. The van der Waals surface area contributed by atoms with Gasteiger partial charge in [0.25, 0.3) is 0 Å². The summed E-state index contributed by atoms with van der Waals surface area (Å²) in [5, 5.41) is 8.85. The molecule has 22 heavy (non-hydrogen) atoms. The maximum atomic E-state index is 6.20. The molecule has 4 nitrogen and oxygen atoms in total. The molecule has 3 rings (SSSR count). The topological polar surface area (TPSA) is 42.7 Å². The average molecular weight is 333 g/mol. The number of halogens is 2. The number of hydrogen-bond donors (Lipinski definition) is 1. The number of para-hydroxylation sites is 1. The second-order valence-corrected chi connectivity index (χ2v) is 5.68. The van der Waals surface area contributed by atoms with E-state index >= 15 is 0 Å². The third-order valence-corrected chi connectivity index (χ3v) is 3.89. The fourth-order valence-corrected chi connectivity index (χ4v) is 2.65. The normalized spacial score (nSPS) is 10.6. The Balaban J connectivity index is 1.75. The Bertz CT molecular complexity index is 757. The van der Waals surface area contributed by atoms with Crippen molar-refractivity contribution in [3.63, 3.8) is 0 Å². The van der Waals surface area contributed by atoms with E-state index in [2.05, 4.69) is 21.5 Å². The van der Waals surface area contributed by atoms with Crippen molar-refractivity contribution in [2.24, 2.45) is 0 Å². The Morgan fingerprint density at radius 1 is 1.05 bits per heavy atom. The van der Waals surface area contributed by atoms with Gasteiger partial charge in [0.1, 0.15) is 12.7 Å². The lowest BCUT2D eigenvalue weighted by atomic mass is 10.1. The third-order valence-electron chi connectivity index (χ3n) is 3.30. The molecule has 6 heteroatoms. The highest BCUT2D eigenvalue weighted by Gasteiger charge is 2.05. The smallest absolute Gasteiger partial charge is 0.137 e. The van der Waals surface area contributed by atoms with Crippen LogP contribution in [-0.2, 0) is 13.1 Å². The van der Waals surface area contributed by atoms with E-state index in [4.69, 9.17) is 23.2 Å². The van der Waals surface area contributed by atoms with E-state index in [-0.39, 0.29) is 0 Å². The van der Waals surface area contributed by atoms with E-state index in [0.717, 1.165) is 16.8 Å². The van der Waals surface area contributed by atoms with Crippen LogP contribution in [0.1, 0.15) is 11.1 Å². The average Bonchev–Trinajstić information content (AvgIpc) is 3.01. The fraction of sp³-hybridized carbons (Fsp3) is 0.125. The maximum absolute atomic E-state index is 6.20. The number of hydrogen-bond acceptors (Lipinski definition) is 3. The Morgan fingerprint density at radius 2 is 1.91 bits per heavy atom. The quantitative estimate of drug-likeness (QED) is 0.759. The number of benzene rings is 2. The first-order chi connectivity index (χ1) is 10.7. The van der Waals surface area contributed by atoms with Gasteiger partial charge in [0.05, 0.1) is 6.54 Å². The molecule has 0 aliphatic rings. The number of anilines is 1. The summed E-state index contributed by atoms with van der Waals surface area (Å²) in [4.78, 5) is 3.96. The van der Waals surface area contributed by atoms with Gasteiger partial charge in [-0.15, -0.1) is 0 Å². The van der Waals surface area contributed by atoms with Crippen molar-refractivity contribution in [3.8, 4) is 0 Å². The van der Waals surface area contributed by atoms with Gasteiger partial charge in [0.15, 0.2) is 0 Å². The van der Waals surface area contributed by atoms with Crippen molar-refractivity contribution in [1.29, 1.82) is 0 Å². The first-order valence-corrected chi connectivity index (χ1v) is 7.56. The minimum absolute atomic E-state index is 0.629. The number of nitrogens with one attached hydrogen (secondary N) is 1. The maximum Gasteiger partial charge on any atom is 0.137 e. The van der Waals surface area contributed by atoms with Crippen LogP contribution in [0.5, 0.6) is 0 Å². The van der Waals surface area contributed by atoms with Gasteiger partial charge in [0.2, 0.25) is 0 Å². The molecule has 0 saturated heterocycles. The predicted molar refractivity (Wildman–Crippen MR) is 89.4 cm³/mol. The third kappa shape index (κ3) is 3.59. The molecule has 2 aromatic carbocycles. The zero-order valence-electron chi connectivity index (χ0n) is 11.7. The van der Waals surface area contributed by atoms with Crippen LogP contribution in [0.25, 0.3) is 0 Å². The van der Waals surface area contributed by atoms with Crippen LogP contribution >= 0.6 is 23.2 Å². The lowest BCUT2D eigenvalue weighted by Gasteiger charge is -2.13. The zero-order valence-corrected chi connectivity index (χ0v) is 13.2. The van der Waals surface area contributed by atoms with Gasteiger partial charge in [0, 0.05) is 22.3 Å². The molecule has 0 fully saturated rings. The summed E-state index contributed by atoms with van der Waals surface area (Å²) in [7, 11) is 0. The predicted octanol–water partition coefficient (Wildman–Crippen LogP) is 4.25. The van der Waals surface area contributed by atoms with E-state index in [1.54, 1.807) is 17.1 Å². The molecule has 112 valence electrons. The summed E-state index contributed by atoms with van der Waals surface area (Å²) in [6.45, 7) is 1.29. The number of rotatable bonds is 5. The monoisotopic (exact) mass is 332 g/mol. The largest absolute Gasteiger partial charge is 0.381 e. The van der Waals surface area contributed by atoms with E-state index in [1.165, 1.54) is 6.33 Å². The molecule has 1 aromatic heterocycles. The summed E-state index contributed by atoms with van der Waals surface area (Å²) in [5.41, 5.74) is 3.18. The molecule has 0 aliphatic heterocycles. The Labute approximate surface area is 138 Å². The molecule has 3 aromatic rings. The molecule has 1 heterocycles. The molecular formula is C16H14Cl2N4. The van der Waals surface area contributed by atoms with Crippen molar-refractivity contribution in [2.45, 2.75) is 13.1 Å². The molecule has 0 saturated carbocycles. The molecule has 0 bridgehead atoms. The Morgan fingerprint density at radius 3 is 2.68 bits per heavy atom. The summed E-state index contributed by atoms with van der Waals surface area (Å²) >= 11 is 12.1. The first-order valence-electron chi connectivity index (χ1n) is 6.80. The van der Waals surface area contributed by atoms with Crippen LogP contribution in [0.4, 0.5) is 5.69 Å². The summed E-state index contributed by atoms with van der Waals surface area (Å²) in [6.07, 6.45) is 3.23. The summed E-state index contributed by atoms with van der Waals surface area (Å²) < 4.78 is 1.79. The van der Waals surface area contributed by atoms with E-state index in [9.17, 15) is 0 Å². The molecule has 0 radical (unpaired) electrons. The van der Waals surface area contributed by atoms with Crippen LogP contribution in [0, 0.1) is 0 Å². The van der Waals surface area contributed by atoms with Crippen LogP contribution in [0.2, 0.25) is 10.0 Å². The minimum atomic E-state index is 0.629. The molecule has 0 spiro atoms. The van der Waals surface area contributed by atoms with Crippen molar-refractivity contribution in [3.05, 3.63) is 76.3 Å². The van der Waals surface area contributed by atoms with Gasteiger partial charge in [-0.3, -0.25) is 0 Å². The second-order valence-electron chi connectivity index (χ2n) is 4.84. The first kappa shape index (κ1) is 14.9. The molecule has 0 atom stereocenters. The highest BCUT2D eigenvalue weighted by molar-refractivity contribution is 6.35. The fourth-order valence-electron chi connectivity index (χ4n) is 2.18. The molecule has 0 unspecified atom stereocenters. The second kappa shape index (κ2) is 6.81. The van der Waals surface area contributed by atoms with Gasteiger partial charge in [-0.05, 0) is 29.3 Å². The standard InChI is InChI=1S/C16H14Cl2N4/c17-14-6-5-12(15(18)7-14)8-20-16-4-2-1-3-13(16)9-22-11-19-10-21-22/h1-7,10-11,20H,8-9H2. The van der Waals surface area contributed by atoms with E-state index < -0.39 is 0 Å². The van der Waals surface area contributed by atoms with Gasteiger partial charge < -0.3 is 5.32 Å². The molecular weight excluding hydrogens is 319 g/mol. The molecule has 0 amide bonds. The van der Waals surface area contributed by atoms with Gasteiger partial charge in [-0.25, -0.2) is 9.67 Å². The van der Waals surface area contributed by atoms with Crippen LogP contribution in [-0.4, -0.2) is 14.8 Å². The Kier molecular flexibility index (Phi) is 4.61. The van der Waals surface area contributed by atoms with Crippen molar-refractivity contribution >= 4 is 28.9 Å². The molecule has 0 aliphatic carbocycles. The molecule has 1 N–H and O–H groups in total. The van der Waals surface area contributed by atoms with Crippen LogP contribution < -0.4 is 5.32 Å². The van der Waals surface area contributed by atoms with Gasteiger partial charge in [-0.1, -0.05) is 47.5 Å². The minimum Gasteiger partial charge on any atom is -0.381 e. The highest BCUT2D eigenvalue weighted by atomic mass is 35.5. The van der Waals surface area contributed by atoms with Crippen LogP contribution in [0.3, 0.4) is 0 Å². The van der Waals surface area contributed by atoms with Crippen molar-refractivity contribution < 1.29 is 0 Å². The zero-order chi connectivity index (χ0) is 15.4. The van der Waals surface area contributed by atoms with Crippen molar-refractivity contribution in [1.82, 2.24) is 14.8 Å². The lowest BCUT2D eigenvalue weighted by Crippen LogP contribution is -2.06. The lowest BCUT2D eigenvalue weighted by molar-refractivity contribution is 0.685. The summed E-state index contributed by atoms with van der Waals surface area (Å²) in [5.74, 6) is 0. The number of aromatic nitrogens is 3. The SMILES string of the molecule is Clc1ccc(CNc2ccccc2Cn2cncn2)c(Cl)c1. The van der Waals surface area contributed by atoms with E-state index in [1.807, 2.05) is 30.3 Å². The summed E-state index contributed by atoms with van der Waals surface area (Å²) in [6, 6.07) is 13.6. The van der Waals surface area contributed by atoms with Crippen molar-refractivity contribution in [2.75, 3.05) is 5.32 Å². The Hall–Kier alpha value is -2.04. The van der Waals surface area contributed by atoms with E-state index in [0.29, 0.717) is 23.1 Å². The van der Waals surface area contributed by atoms with Gasteiger partial charge in [-0.2, -0.15) is 5.10 Å². The van der Waals surface area contributed by atoms with Crippen LogP contribution in [0.15, 0.2) is 55.1 Å². The van der Waals surface area contributed by atoms with Gasteiger partial charge >= 0.3 is 0 Å².